The van der Waals surface area contributed by atoms with Gasteiger partial charge in [-0.15, -0.1) is 0 Å². The lowest BCUT2D eigenvalue weighted by atomic mass is 9.96. The van der Waals surface area contributed by atoms with Crippen molar-refractivity contribution >= 4 is 11.8 Å². The van der Waals surface area contributed by atoms with Crippen molar-refractivity contribution in [1.29, 1.82) is 0 Å². The smallest absolute Gasteiger partial charge is 0.269 e. The van der Waals surface area contributed by atoms with E-state index in [9.17, 15) is 9.59 Å². The summed E-state index contributed by atoms with van der Waals surface area (Å²) in [7, 11) is 0. The summed E-state index contributed by atoms with van der Waals surface area (Å²) in [6.45, 7) is 4.01. The lowest BCUT2D eigenvalue weighted by Crippen LogP contribution is -2.43. The van der Waals surface area contributed by atoms with Gasteiger partial charge in [-0.3, -0.25) is 20.4 Å². The minimum absolute atomic E-state index is 0.211. The lowest BCUT2D eigenvalue weighted by molar-refractivity contribution is -0.123. The van der Waals surface area contributed by atoms with Crippen LogP contribution in [0.3, 0.4) is 0 Å². The average molecular weight is 310 g/mol. The quantitative estimate of drug-likeness (QED) is 0.833. The van der Waals surface area contributed by atoms with Gasteiger partial charge >= 0.3 is 0 Å². The summed E-state index contributed by atoms with van der Waals surface area (Å²) in [5.41, 5.74) is 7.63. The third kappa shape index (κ3) is 4.42. The van der Waals surface area contributed by atoms with Gasteiger partial charge in [-0.25, -0.2) is 0 Å². The van der Waals surface area contributed by atoms with Crippen molar-refractivity contribution in [3.8, 4) is 0 Å². The molecule has 1 unspecified atom stereocenters. The van der Waals surface area contributed by atoms with Gasteiger partial charge in [-0.05, 0) is 36.1 Å². The topological polar surface area (TPSA) is 58.2 Å². The molecule has 0 aliphatic carbocycles. The van der Waals surface area contributed by atoms with Crippen LogP contribution in [-0.4, -0.2) is 11.8 Å². The summed E-state index contributed by atoms with van der Waals surface area (Å²) < 4.78 is 0. The minimum atomic E-state index is -0.316. The minimum Gasteiger partial charge on any atom is -0.273 e. The first kappa shape index (κ1) is 16.7. The summed E-state index contributed by atoms with van der Waals surface area (Å²) >= 11 is 0. The molecule has 0 heterocycles. The molecule has 2 aromatic carbocycles. The first-order valence-corrected chi connectivity index (χ1v) is 7.89. The highest BCUT2D eigenvalue weighted by Crippen LogP contribution is 2.18. The first-order valence-electron chi connectivity index (χ1n) is 7.89. The zero-order valence-electron chi connectivity index (χ0n) is 13.5. The highest BCUT2D eigenvalue weighted by atomic mass is 16.2. The number of carbonyl (C=O) groups is 2. The SMILES string of the molecule is CCc1ccc(C(=O)NNC(=O)C(CC)c2ccccc2)cc1. The van der Waals surface area contributed by atoms with Crippen LogP contribution in [0, 0.1) is 0 Å². The zero-order chi connectivity index (χ0) is 16.7. The molecule has 23 heavy (non-hydrogen) atoms. The maximum atomic E-state index is 12.3. The van der Waals surface area contributed by atoms with Crippen molar-refractivity contribution in [3.63, 3.8) is 0 Å². The van der Waals surface area contributed by atoms with Gasteiger partial charge in [-0.1, -0.05) is 56.3 Å². The normalized spacial score (nSPS) is 11.6. The Balaban J connectivity index is 1.95. The second kappa shape index (κ2) is 8.13. The molecule has 2 rings (SSSR count). The van der Waals surface area contributed by atoms with E-state index in [2.05, 4.69) is 17.8 Å². The Bertz CT molecular complexity index is 651. The van der Waals surface area contributed by atoms with Gasteiger partial charge in [0.2, 0.25) is 5.91 Å². The standard InChI is InChI=1S/C19H22N2O2/c1-3-14-10-12-16(13-11-14)18(22)20-21-19(23)17(4-2)15-8-6-5-7-9-15/h5-13,17H,3-4H2,1-2H3,(H,20,22)(H,21,23). The molecule has 0 radical (unpaired) electrons. The van der Waals surface area contributed by atoms with Gasteiger partial charge in [0.1, 0.15) is 0 Å². The largest absolute Gasteiger partial charge is 0.273 e. The summed E-state index contributed by atoms with van der Waals surface area (Å²) in [6, 6.07) is 16.9. The predicted octanol–water partition coefficient (Wildman–Crippen LogP) is 3.20. The molecule has 0 aliphatic heterocycles. The van der Waals surface area contributed by atoms with Crippen LogP contribution < -0.4 is 10.9 Å². The molecule has 0 aromatic heterocycles. The van der Waals surface area contributed by atoms with Gasteiger partial charge in [0.15, 0.2) is 0 Å². The monoisotopic (exact) mass is 310 g/mol. The second-order valence-electron chi connectivity index (χ2n) is 5.37. The highest BCUT2D eigenvalue weighted by Gasteiger charge is 2.19. The fourth-order valence-corrected chi connectivity index (χ4v) is 2.43. The van der Waals surface area contributed by atoms with E-state index >= 15 is 0 Å². The van der Waals surface area contributed by atoms with Crippen LogP contribution in [0.2, 0.25) is 0 Å². The van der Waals surface area contributed by atoms with Crippen LogP contribution in [0.25, 0.3) is 0 Å². The number of nitrogens with one attached hydrogen (secondary N) is 2. The van der Waals surface area contributed by atoms with Crippen LogP contribution in [0.15, 0.2) is 54.6 Å². The van der Waals surface area contributed by atoms with Crippen LogP contribution in [0.4, 0.5) is 0 Å². The van der Waals surface area contributed by atoms with Gasteiger partial charge in [-0.2, -0.15) is 0 Å². The molecular weight excluding hydrogens is 288 g/mol. The molecule has 0 aliphatic rings. The van der Waals surface area contributed by atoms with E-state index in [1.807, 2.05) is 49.4 Å². The van der Waals surface area contributed by atoms with Crippen molar-refractivity contribution in [3.05, 3.63) is 71.3 Å². The van der Waals surface area contributed by atoms with Gasteiger partial charge in [0.05, 0.1) is 5.92 Å². The molecule has 1 atom stereocenters. The molecule has 0 bridgehead atoms. The molecule has 0 spiro atoms. The number of rotatable bonds is 5. The van der Waals surface area contributed by atoms with Crippen LogP contribution in [0.5, 0.6) is 0 Å². The number of hydrazine groups is 1. The molecule has 2 aromatic rings. The Kier molecular flexibility index (Phi) is 5.92. The second-order valence-corrected chi connectivity index (χ2v) is 5.37. The molecule has 4 heteroatoms. The van der Waals surface area contributed by atoms with Gasteiger partial charge < -0.3 is 0 Å². The first-order chi connectivity index (χ1) is 11.2. The summed E-state index contributed by atoms with van der Waals surface area (Å²) in [4.78, 5) is 24.4. The Morgan fingerprint density at radius 1 is 0.913 bits per heavy atom. The third-order valence-electron chi connectivity index (χ3n) is 3.85. The maximum Gasteiger partial charge on any atom is 0.269 e. The van der Waals surface area contributed by atoms with Crippen molar-refractivity contribution in [2.45, 2.75) is 32.6 Å². The summed E-state index contributed by atoms with van der Waals surface area (Å²) in [6.07, 6.45) is 1.59. The molecule has 2 amide bonds. The maximum absolute atomic E-state index is 12.3. The van der Waals surface area contributed by atoms with Crippen molar-refractivity contribution in [2.75, 3.05) is 0 Å². The van der Waals surface area contributed by atoms with Crippen molar-refractivity contribution < 1.29 is 9.59 Å². The third-order valence-corrected chi connectivity index (χ3v) is 3.85. The predicted molar refractivity (Wildman–Crippen MR) is 90.9 cm³/mol. The van der Waals surface area contributed by atoms with E-state index in [0.717, 1.165) is 12.0 Å². The number of hydrogen-bond donors (Lipinski definition) is 2. The molecular formula is C19H22N2O2. The molecule has 2 N–H and O–H groups in total. The zero-order valence-corrected chi connectivity index (χ0v) is 13.5. The number of aryl methyl sites for hydroxylation is 1. The van der Waals surface area contributed by atoms with E-state index in [1.165, 1.54) is 5.56 Å². The molecule has 0 fully saturated rings. The lowest BCUT2D eigenvalue weighted by Gasteiger charge is -2.16. The average Bonchev–Trinajstić information content (AvgIpc) is 2.61. The van der Waals surface area contributed by atoms with E-state index in [4.69, 9.17) is 0 Å². The van der Waals surface area contributed by atoms with Crippen LogP contribution >= 0.6 is 0 Å². The molecule has 0 saturated carbocycles. The Morgan fingerprint density at radius 2 is 1.57 bits per heavy atom. The fraction of sp³-hybridized carbons (Fsp3) is 0.263. The van der Waals surface area contributed by atoms with Crippen molar-refractivity contribution in [1.82, 2.24) is 10.9 Å². The van der Waals surface area contributed by atoms with E-state index in [0.29, 0.717) is 12.0 Å². The Hall–Kier alpha value is -2.62. The fourth-order valence-electron chi connectivity index (χ4n) is 2.43. The number of carbonyl (C=O) groups excluding carboxylic acids is 2. The Morgan fingerprint density at radius 3 is 2.13 bits per heavy atom. The van der Waals surface area contributed by atoms with E-state index < -0.39 is 0 Å². The highest BCUT2D eigenvalue weighted by molar-refractivity contribution is 5.96. The van der Waals surface area contributed by atoms with Crippen molar-refractivity contribution in [2.24, 2.45) is 0 Å². The molecule has 4 nitrogen and oxygen atoms in total. The summed E-state index contributed by atoms with van der Waals surface area (Å²) in [5.74, 6) is -0.805. The van der Waals surface area contributed by atoms with Crippen LogP contribution in [0.1, 0.15) is 47.7 Å². The van der Waals surface area contributed by atoms with Crippen LogP contribution in [-0.2, 0) is 11.2 Å². The van der Waals surface area contributed by atoms with E-state index in [-0.39, 0.29) is 17.7 Å². The Labute approximate surface area is 136 Å². The van der Waals surface area contributed by atoms with E-state index in [1.54, 1.807) is 12.1 Å². The number of benzene rings is 2. The summed E-state index contributed by atoms with van der Waals surface area (Å²) in [5, 5.41) is 0. The number of amides is 2. The van der Waals surface area contributed by atoms with Gasteiger partial charge in [0, 0.05) is 5.56 Å². The van der Waals surface area contributed by atoms with Gasteiger partial charge in [0.25, 0.3) is 5.91 Å². The molecule has 0 saturated heterocycles. The molecule has 120 valence electrons. The number of hydrogen-bond acceptors (Lipinski definition) is 2.